The summed E-state index contributed by atoms with van der Waals surface area (Å²) in [4.78, 5) is 12.5. The number of para-hydroxylation sites is 1. The molecule has 0 radical (unpaired) electrons. The minimum atomic E-state index is -2.91. The quantitative estimate of drug-likeness (QED) is 0.810. The lowest BCUT2D eigenvalue weighted by Crippen LogP contribution is -2.31. The molecule has 0 heterocycles. The van der Waals surface area contributed by atoms with Crippen LogP contribution in [0.15, 0.2) is 54.6 Å². The lowest BCUT2D eigenvalue weighted by atomic mass is 10.0. The Hall–Kier alpha value is -2.43. The largest absolute Gasteiger partial charge is 0.435 e. The molecule has 1 aliphatic carbocycles. The third kappa shape index (κ3) is 4.56. The van der Waals surface area contributed by atoms with Crippen molar-refractivity contribution in [3.05, 3.63) is 65.7 Å². The molecule has 1 N–H and O–H groups in total. The minimum Gasteiger partial charge on any atom is -0.435 e. The Labute approximate surface area is 146 Å². The SMILES string of the molecule is CC1CC1C(NC(=O)Cc1ccccc1OC(F)F)c1ccccc1. The van der Waals surface area contributed by atoms with E-state index in [4.69, 9.17) is 0 Å². The van der Waals surface area contributed by atoms with Gasteiger partial charge in [0.05, 0.1) is 12.5 Å². The summed E-state index contributed by atoms with van der Waals surface area (Å²) in [6.07, 6.45) is 1.08. The molecule has 3 rings (SSSR count). The number of hydrogen-bond donors (Lipinski definition) is 1. The van der Waals surface area contributed by atoms with Crippen molar-refractivity contribution in [1.82, 2.24) is 5.32 Å². The molecule has 3 atom stereocenters. The van der Waals surface area contributed by atoms with Gasteiger partial charge < -0.3 is 10.1 Å². The van der Waals surface area contributed by atoms with Crippen LogP contribution in [0.4, 0.5) is 8.78 Å². The fourth-order valence-electron chi connectivity index (χ4n) is 3.17. The highest BCUT2D eigenvalue weighted by Crippen LogP contribution is 2.46. The van der Waals surface area contributed by atoms with Gasteiger partial charge in [-0.05, 0) is 29.9 Å². The van der Waals surface area contributed by atoms with Crippen LogP contribution in [0.2, 0.25) is 0 Å². The first-order valence-corrected chi connectivity index (χ1v) is 8.41. The van der Waals surface area contributed by atoms with Gasteiger partial charge in [-0.25, -0.2) is 0 Å². The molecule has 1 aliphatic rings. The van der Waals surface area contributed by atoms with E-state index in [1.165, 1.54) is 6.07 Å². The van der Waals surface area contributed by atoms with Crippen molar-refractivity contribution in [2.45, 2.75) is 32.4 Å². The summed E-state index contributed by atoms with van der Waals surface area (Å²) in [5, 5.41) is 3.07. The summed E-state index contributed by atoms with van der Waals surface area (Å²) in [7, 11) is 0. The van der Waals surface area contributed by atoms with Crippen LogP contribution < -0.4 is 10.1 Å². The Morgan fingerprint density at radius 1 is 1.16 bits per heavy atom. The maximum Gasteiger partial charge on any atom is 0.387 e. The zero-order valence-corrected chi connectivity index (χ0v) is 14.0. The molecule has 3 nitrogen and oxygen atoms in total. The maximum atomic E-state index is 12.5. The number of alkyl halides is 2. The van der Waals surface area contributed by atoms with E-state index >= 15 is 0 Å². The third-order valence-corrected chi connectivity index (χ3v) is 4.61. The summed E-state index contributed by atoms with van der Waals surface area (Å²) >= 11 is 0. The first-order valence-electron chi connectivity index (χ1n) is 8.41. The van der Waals surface area contributed by atoms with Crippen LogP contribution in [-0.2, 0) is 11.2 Å². The standard InChI is InChI=1S/C20H21F2NO2/c1-13-11-16(13)19(14-7-3-2-4-8-14)23-18(24)12-15-9-5-6-10-17(15)25-20(21)22/h2-10,13,16,19-20H,11-12H2,1H3,(H,23,24). The smallest absolute Gasteiger partial charge is 0.387 e. The second-order valence-electron chi connectivity index (χ2n) is 6.50. The Kier molecular flexibility index (Phi) is 5.31. The molecular weight excluding hydrogens is 324 g/mol. The molecule has 1 saturated carbocycles. The molecule has 1 fully saturated rings. The molecule has 0 aromatic heterocycles. The van der Waals surface area contributed by atoms with Gasteiger partial charge in [0.2, 0.25) is 5.91 Å². The zero-order valence-electron chi connectivity index (χ0n) is 14.0. The van der Waals surface area contributed by atoms with Gasteiger partial charge in [-0.3, -0.25) is 4.79 Å². The predicted molar refractivity (Wildman–Crippen MR) is 91.4 cm³/mol. The van der Waals surface area contributed by atoms with Crippen LogP contribution in [0, 0.1) is 11.8 Å². The van der Waals surface area contributed by atoms with E-state index in [0.717, 1.165) is 12.0 Å². The molecule has 1 amide bonds. The third-order valence-electron chi connectivity index (χ3n) is 4.61. The molecule has 2 aromatic carbocycles. The number of halogens is 2. The Morgan fingerprint density at radius 2 is 1.80 bits per heavy atom. The highest BCUT2D eigenvalue weighted by molar-refractivity contribution is 5.79. The fourth-order valence-corrected chi connectivity index (χ4v) is 3.17. The van der Waals surface area contributed by atoms with E-state index in [-0.39, 0.29) is 24.1 Å². The zero-order chi connectivity index (χ0) is 17.8. The van der Waals surface area contributed by atoms with Crippen LogP contribution >= 0.6 is 0 Å². The summed E-state index contributed by atoms with van der Waals surface area (Å²) in [6, 6.07) is 16.2. The fraction of sp³-hybridized carbons (Fsp3) is 0.350. The van der Waals surface area contributed by atoms with Crippen molar-refractivity contribution >= 4 is 5.91 Å². The highest BCUT2D eigenvalue weighted by atomic mass is 19.3. The van der Waals surface area contributed by atoms with Gasteiger partial charge in [-0.2, -0.15) is 8.78 Å². The van der Waals surface area contributed by atoms with Crippen LogP contribution in [0.5, 0.6) is 5.75 Å². The molecule has 25 heavy (non-hydrogen) atoms. The number of nitrogens with one attached hydrogen (secondary N) is 1. The predicted octanol–water partition coefficient (Wildman–Crippen LogP) is 4.34. The van der Waals surface area contributed by atoms with E-state index in [1.807, 2.05) is 30.3 Å². The van der Waals surface area contributed by atoms with Gasteiger partial charge in [-0.1, -0.05) is 55.5 Å². The number of amides is 1. The van der Waals surface area contributed by atoms with Crippen molar-refractivity contribution in [3.8, 4) is 5.75 Å². The van der Waals surface area contributed by atoms with E-state index in [2.05, 4.69) is 17.0 Å². The van der Waals surface area contributed by atoms with E-state index in [9.17, 15) is 13.6 Å². The highest BCUT2D eigenvalue weighted by Gasteiger charge is 2.40. The Balaban J connectivity index is 1.71. The lowest BCUT2D eigenvalue weighted by molar-refractivity contribution is -0.121. The van der Waals surface area contributed by atoms with Gasteiger partial charge in [-0.15, -0.1) is 0 Å². The van der Waals surface area contributed by atoms with Crippen LogP contribution in [0.3, 0.4) is 0 Å². The second-order valence-corrected chi connectivity index (χ2v) is 6.50. The van der Waals surface area contributed by atoms with E-state index in [1.54, 1.807) is 18.2 Å². The van der Waals surface area contributed by atoms with Crippen molar-refractivity contribution in [2.75, 3.05) is 0 Å². The molecule has 132 valence electrons. The summed E-state index contributed by atoms with van der Waals surface area (Å²) in [6.45, 7) is -0.743. The van der Waals surface area contributed by atoms with E-state index in [0.29, 0.717) is 17.4 Å². The molecule has 3 unspecified atom stereocenters. The van der Waals surface area contributed by atoms with Crippen molar-refractivity contribution in [3.63, 3.8) is 0 Å². The molecule has 2 aromatic rings. The maximum absolute atomic E-state index is 12.5. The summed E-state index contributed by atoms with van der Waals surface area (Å²) < 4.78 is 29.5. The average molecular weight is 345 g/mol. The molecule has 0 bridgehead atoms. The average Bonchev–Trinajstić information content (AvgIpc) is 3.31. The normalized spacial score (nSPS) is 20.2. The number of ether oxygens (including phenoxy) is 1. The van der Waals surface area contributed by atoms with E-state index < -0.39 is 6.61 Å². The number of benzene rings is 2. The van der Waals surface area contributed by atoms with Gasteiger partial charge in [0.25, 0.3) is 0 Å². The van der Waals surface area contributed by atoms with Crippen molar-refractivity contribution in [2.24, 2.45) is 11.8 Å². The number of rotatable bonds is 7. The van der Waals surface area contributed by atoms with Crippen LogP contribution in [-0.4, -0.2) is 12.5 Å². The van der Waals surface area contributed by atoms with Gasteiger partial charge in [0.15, 0.2) is 0 Å². The number of carbonyl (C=O) groups excluding carboxylic acids is 1. The molecular formula is C20H21F2NO2. The topological polar surface area (TPSA) is 38.3 Å². The van der Waals surface area contributed by atoms with Gasteiger partial charge in [0, 0.05) is 5.56 Å². The first kappa shape index (κ1) is 17.4. The molecule has 0 saturated heterocycles. The Bertz CT molecular complexity index is 721. The van der Waals surface area contributed by atoms with Gasteiger partial charge >= 0.3 is 6.61 Å². The van der Waals surface area contributed by atoms with Crippen molar-refractivity contribution in [1.29, 1.82) is 0 Å². The summed E-state index contributed by atoms with van der Waals surface area (Å²) in [5.41, 5.74) is 1.53. The monoisotopic (exact) mass is 345 g/mol. The summed E-state index contributed by atoms with van der Waals surface area (Å²) in [5.74, 6) is 0.834. The molecule has 5 heteroatoms. The van der Waals surface area contributed by atoms with Crippen LogP contribution in [0.25, 0.3) is 0 Å². The second kappa shape index (κ2) is 7.64. The van der Waals surface area contributed by atoms with Gasteiger partial charge in [0.1, 0.15) is 5.75 Å². The first-order chi connectivity index (χ1) is 12.0. The van der Waals surface area contributed by atoms with Crippen molar-refractivity contribution < 1.29 is 18.3 Å². The van der Waals surface area contributed by atoms with Crippen LogP contribution in [0.1, 0.15) is 30.5 Å². The lowest BCUT2D eigenvalue weighted by Gasteiger charge is -2.20. The number of carbonyl (C=O) groups is 1. The number of hydrogen-bond acceptors (Lipinski definition) is 2. The Morgan fingerprint density at radius 3 is 2.44 bits per heavy atom. The molecule has 0 spiro atoms. The molecule has 0 aliphatic heterocycles. The minimum absolute atomic E-state index is 0.00727.